The lowest BCUT2D eigenvalue weighted by molar-refractivity contribution is -0.131. The fourth-order valence-corrected chi connectivity index (χ4v) is 5.94. The Bertz CT molecular complexity index is 1370. The van der Waals surface area contributed by atoms with Gasteiger partial charge in [-0.3, -0.25) is 0 Å². The van der Waals surface area contributed by atoms with Crippen LogP contribution in [-0.4, -0.2) is 40.6 Å². The van der Waals surface area contributed by atoms with Crippen molar-refractivity contribution >= 4 is 34.6 Å². The Hall–Kier alpha value is -4.04. The highest BCUT2D eigenvalue weighted by Gasteiger charge is 2.30. The number of aromatic nitrogens is 1. The second-order valence-electron chi connectivity index (χ2n) is 11.1. The second kappa shape index (κ2) is 14.6. The lowest BCUT2D eigenvalue weighted by atomic mass is 9.73. The van der Waals surface area contributed by atoms with Crippen LogP contribution in [0.4, 0.5) is 5.82 Å². The van der Waals surface area contributed by atoms with Crippen LogP contribution in [0.5, 0.6) is 0 Å². The largest absolute Gasteiger partial charge is 0.478 e. The molecule has 1 aromatic heterocycles. The first kappa shape index (κ1) is 29.9. The molecule has 4 atom stereocenters. The van der Waals surface area contributed by atoms with E-state index in [2.05, 4.69) is 70.8 Å². The van der Waals surface area contributed by atoms with E-state index in [1.54, 1.807) is 0 Å². The van der Waals surface area contributed by atoms with Gasteiger partial charge < -0.3 is 32.6 Å². The summed E-state index contributed by atoms with van der Waals surface area (Å²) in [6.45, 7) is 2.30. The number of nitrogens with two attached hydrogens (primary N) is 3. The Morgan fingerprint density at radius 3 is 2.56 bits per heavy atom. The van der Waals surface area contributed by atoms with Gasteiger partial charge in [0.1, 0.15) is 5.82 Å². The summed E-state index contributed by atoms with van der Waals surface area (Å²) in [4.78, 5) is 19.2. The Kier molecular flexibility index (Phi) is 10.6. The lowest BCUT2D eigenvalue weighted by Gasteiger charge is -2.34. The monoisotopic (exact) mass is 556 g/mol. The summed E-state index contributed by atoms with van der Waals surface area (Å²) in [6, 6.07) is 16.8. The number of aliphatic imine (C=N–C) groups is 1. The average Bonchev–Trinajstić information content (AvgIpc) is 3.46. The van der Waals surface area contributed by atoms with Crippen molar-refractivity contribution in [2.24, 2.45) is 28.1 Å². The minimum Gasteiger partial charge on any atom is -0.478 e. The number of H-pyrrole nitrogens is 1. The van der Waals surface area contributed by atoms with Crippen LogP contribution in [0.1, 0.15) is 68.9 Å². The predicted molar refractivity (Wildman–Crippen MR) is 170 cm³/mol. The van der Waals surface area contributed by atoms with Crippen LogP contribution in [0.2, 0.25) is 0 Å². The van der Waals surface area contributed by atoms with E-state index in [-0.39, 0.29) is 36.4 Å². The highest BCUT2D eigenvalue weighted by molar-refractivity contribution is 5.87. The number of hydrogen-bond acceptors (Lipinski definition) is 4. The number of benzene rings is 2. The standard InChI is InChI=1S/C33H44N6O2/c1-2-3-10-27(34)11-6-12-28-25(15-14-24-17-22-8-4-5-9-23(22)18-29(24)28)19-30(39-31-13-7-16-37-31)26(20-32(40)41)21-38-33(35)36/h4-5,7-9,13-18,20,25,27-28,30,37,39H,2-3,6,10-12,19,21,34H2,1H3,(H,40,41)(H4,35,36,38). The summed E-state index contributed by atoms with van der Waals surface area (Å²) < 4.78 is 0. The summed E-state index contributed by atoms with van der Waals surface area (Å²) >= 11 is 0. The van der Waals surface area contributed by atoms with Gasteiger partial charge in [0.2, 0.25) is 0 Å². The fraction of sp³-hybridized carbons (Fsp3) is 0.394. The smallest absolute Gasteiger partial charge is 0.328 e. The number of unbranched alkanes of at least 4 members (excludes halogenated alkanes) is 1. The number of carboxylic acid groups (broad SMARTS) is 1. The molecule has 0 fully saturated rings. The maximum atomic E-state index is 11.8. The molecule has 0 saturated carbocycles. The van der Waals surface area contributed by atoms with E-state index in [0.717, 1.165) is 44.3 Å². The molecule has 0 spiro atoms. The topological polar surface area (TPSA) is 156 Å². The molecule has 0 aliphatic heterocycles. The van der Waals surface area contributed by atoms with Crippen molar-refractivity contribution in [1.29, 1.82) is 0 Å². The third kappa shape index (κ3) is 8.47. The summed E-state index contributed by atoms with van der Waals surface area (Å²) in [7, 11) is 0. The van der Waals surface area contributed by atoms with Crippen molar-refractivity contribution in [3.63, 3.8) is 0 Å². The van der Waals surface area contributed by atoms with Crippen LogP contribution in [-0.2, 0) is 4.79 Å². The van der Waals surface area contributed by atoms with Crippen molar-refractivity contribution in [2.45, 2.75) is 69.9 Å². The summed E-state index contributed by atoms with van der Waals surface area (Å²) in [5, 5.41) is 15.7. The van der Waals surface area contributed by atoms with E-state index >= 15 is 0 Å². The number of anilines is 1. The minimum absolute atomic E-state index is 0.0735. The molecule has 3 aromatic rings. The van der Waals surface area contributed by atoms with Gasteiger partial charge in [-0.2, -0.15) is 0 Å². The maximum absolute atomic E-state index is 11.8. The molecule has 2 aromatic carbocycles. The van der Waals surface area contributed by atoms with Crippen LogP contribution in [0.3, 0.4) is 0 Å². The average molecular weight is 557 g/mol. The molecule has 1 heterocycles. The Morgan fingerprint density at radius 1 is 1.12 bits per heavy atom. The van der Waals surface area contributed by atoms with Crippen molar-refractivity contribution in [1.82, 2.24) is 4.98 Å². The predicted octanol–water partition coefficient (Wildman–Crippen LogP) is 5.74. The van der Waals surface area contributed by atoms with Gasteiger partial charge in [-0.1, -0.05) is 68.7 Å². The summed E-state index contributed by atoms with van der Waals surface area (Å²) in [5.41, 5.74) is 20.9. The number of carbonyl (C=O) groups is 1. The number of fused-ring (bicyclic) bond motifs is 2. The van der Waals surface area contributed by atoms with Gasteiger partial charge in [-0.05, 0) is 83.2 Å². The van der Waals surface area contributed by atoms with Gasteiger partial charge in [-0.15, -0.1) is 0 Å². The van der Waals surface area contributed by atoms with Gasteiger partial charge in [0.05, 0.1) is 12.6 Å². The molecule has 4 unspecified atom stereocenters. The molecule has 0 amide bonds. The summed E-state index contributed by atoms with van der Waals surface area (Å²) in [6.07, 6.45) is 14.7. The van der Waals surface area contributed by atoms with Gasteiger partial charge in [0.25, 0.3) is 0 Å². The van der Waals surface area contributed by atoms with Crippen LogP contribution in [0.15, 0.2) is 77.4 Å². The number of guanidine groups is 1. The van der Waals surface area contributed by atoms with Crippen molar-refractivity contribution in [3.8, 4) is 0 Å². The zero-order valence-corrected chi connectivity index (χ0v) is 23.9. The molecule has 1 aliphatic rings. The van der Waals surface area contributed by atoms with Crippen LogP contribution in [0, 0.1) is 5.92 Å². The Labute approximate surface area is 242 Å². The van der Waals surface area contributed by atoms with Gasteiger partial charge in [0, 0.05) is 18.3 Å². The Balaban J connectivity index is 1.66. The van der Waals surface area contributed by atoms with Gasteiger partial charge >= 0.3 is 5.97 Å². The first-order valence-corrected chi connectivity index (χ1v) is 14.7. The second-order valence-corrected chi connectivity index (χ2v) is 11.1. The van der Waals surface area contributed by atoms with E-state index < -0.39 is 5.97 Å². The normalized spacial score (nSPS) is 18.0. The lowest BCUT2D eigenvalue weighted by Crippen LogP contribution is -2.31. The van der Waals surface area contributed by atoms with Crippen LogP contribution >= 0.6 is 0 Å². The number of rotatable bonds is 15. The molecule has 218 valence electrons. The van der Waals surface area contributed by atoms with E-state index in [1.807, 2.05) is 18.3 Å². The molecule has 8 heteroatoms. The number of carboxylic acids is 1. The number of nitrogens with zero attached hydrogens (tertiary/aromatic N) is 1. The SMILES string of the molecule is CCCCC(N)CCCC1c2cc3ccccc3cc2C=CC1CC(Nc1ccc[nH]1)C(=CC(=O)O)CN=C(N)N. The number of aromatic amines is 1. The van der Waals surface area contributed by atoms with Gasteiger partial charge in [0.15, 0.2) is 5.96 Å². The third-order valence-corrected chi connectivity index (χ3v) is 8.05. The molecular formula is C33H44N6O2. The van der Waals surface area contributed by atoms with E-state index in [9.17, 15) is 9.90 Å². The van der Waals surface area contributed by atoms with E-state index in [0.29, 0.717) is 12.0 Å². The molecule has 8 nitrogen and oxygen atoms in total. The molecular weight excluding hydrogens is 512 g/mol. The molecule has 0 bridgehead atoms. The molecule has 4 rings (SSSR count). The molecule has 1 aliphatic carbocycles. The molecule has 0 saturated heterocycles. The van der Waals surface area contributed by atoms with Crippen molar-refractivity contribution < 1.29 is 9.90 Å². The highest BCUT2D eigenvalue weighted by atomic mass is 16.4. The zero-order valence-electron chi connectivity index (χ0n) is 23.9. The molecule has 9 N–H and O–H groups in total. The number of nitrogens with one attached hydrogen (secondary N) is 2. The maximum Gasteiger partial charge on any atom is 0.328 e. The zero-order chi connectivity index (χ0) is 29.2. The van der Waals surface area contributed by atoms with E-state index in [1.165, 1.54) is 28.0 Å². The highest BCUT2D eigenvalue weighted by Crippen LogP contribution is 2.42. The third-order valence-electron chi connectivity index (χ3n) is 8.05. The van der Waals surface area contributed by atoms with Crippen molar-refractivity contribution in [2.75, 3.05) is 11.9 Å². The summed E-state index contributed by atoms with van der Waals surface area (Å²) in [5.74, 6) is 0.133. The number of hydrogen-bond donors (Lipinski definition) is 6. The molecule has 0 radical (unpaired) electrons. The van der Waals surface area contributed by atoms with Crippen LogP contribution in [0.25, 0.3) is 16.8 Å². The fourth-order valence-electron chi connectivity index (χ4n) is 5.94. The number of aliphatic carboxylic acids is 1. The minimum atomic E-state index is -1.03. The van der Waals surface area contributed by atoms with E-state index in [4.69, 9.17) is 17.2 Å². The first-order valence-electron chi connectivity index (χ1n) is 14.7. The molecule has 41 heavy (non-hydrogen) atoms. The Morgan fingerprint density at radius 2 is 1.88 bits per heavy atom. The quantitative estimate of drug-likeness (QED) is 0.0797. The van der Waals surface area contributed by atoms with Crippen LogP contribution < -0.4 is 22.5 Å². The van der Waals surface area contributed by atoms with Gasteiger partial charge in [-0.25, -0.2) is 9.79 Å². The first-order chi connectivity index (χ1) is 19.8. The van der Waals surface area contributed by atoms with Crippen molar-refractivity contribution in [3.05, 3.63) is 83.6 Å². The number of allylic oxidation sites excluding steroid dienone is 1.